The van der Waals surface area contributed by atoms with Gasteiger partial charge in [0.05, 0.1) is 11.1 Å². The van der Waals surface area contributed by atoms with Crippen molar-refractivity contribution in [3.05, 3.63) is 51.8 Å². The maximum absolute atomic E-state index is 13.0. The summed E-state index contributed by atoms with van der Waals surface area (Å²) < 4.78 is 40.4. The number of rotatable bonds is 2. The highest BCUT2D eigenvalue weighted by Gasteiger charge is 2.33. The summed E-state index contributed by atoms with van der Waals surface area (Å²) in [5.74, 6) is 0. The number of halogens is 3. The summed E-state index contributed by atoms with van der Waals surface area (Å²) in [5, 5.41) is 0.0397. The van der Waals surface area contributed by atoms with E-state index in [-0.39, 0.29) is 10.9 Å². The maximum atomic E-state index is 13.0. The quantitative estimate of drug-likeness (QED) is 0.816. The van der Waals surface area contributed by atoms with E-state index in [4.69, 9.17) is 0 Å². The molecule has 5 heteroatoms. The molecule has 20 heavy (non-hydrogen) atoms. The number of aromatic nitrogens is 1. The summed E-state index contributed by atoms with van der Waals surface area (Å²) >= 11 is 0. The first kappa shape index (κ1) is 14.4. The molecule has 1 aromatic carbocycles. The van der Waals surface area contributed by atoms with E-state index in [0.29, 0.717) is 11.6 Å². The summed E-state index contributed by atoms with van der Waals surface area (Å²) in [6.07, 6.45) is -0.0999. The Morgan fingerprint density at radius 2 is 1.95 bits per heavy atom. The van der Waals surface area contributed by atoms with Crippen molar-refractivity contribution in [2.24, 2.45) is 7.05 Å². The molecule has 2 rings (SSSR count). The number of alkyl halides is 3. The SMILES string of the molecule is CCC=Cc1ccc2c(c1)c(C(F)(F)F)cc(=O)n2C. The lowest BCUT2D eigenvalue weighted by Gasteiger charge is -2.13. The Morgan fingerprint density at radius 3 is 2.55 bits per heavy atom. The van der Waals surface area contributed by atoms with Crippen LogP contribution in [0, 0.1) is 0 Å². The van der Waals surface area contributed by atoms with E-state index in [9.17, 15) is 18.0 Å². The third-order valence-electron chi connectivity index (χ3n) is 3.12. The van der Waals surface area contributed by atoms with Crippen LogP contribution in [0.2, 0.25) is 0 Å². The van der Waals surface area contributed by atoms with Gasteiger partial charge in [0.2, 0.25) is 0 Å². The summed E-state index contributed by atoms with van der Waals surface area (Å²) in [4.78, 5) is 11.6. The van der Waals surface area contributed by atoms with Crippen LogP contribution in [0.25, 0.3) is 17.0 Å². The maximum Gasteiger partial charge on any atom is 0.417 e. The van der Waals surface area contributed by atoms with Crippen LogP contribution in [-0.4, -0.2) is 4.57 Å². The number of fused-ring (bicyclic) bond motifs is 1. The van der Waals surface area contributed by atoms with Crippen LogP contribution in [0.5, 0.6) is 0 Å². The van der Waals surface area contributed by atoms with Crippen molar-refractivity contribution >= 4 is 17.0 Å². The molecule has 0 spiro atoms. The zero-order valence-electron chi connectivity index (χ0n) is 11.2. The minimum Gasteiger partial charge on any atom is -0.311 e. The van der Waals surface area contributed by atoms with Gasteiger partial charge in [-0.15, -0.1) is 0 Å². The summed E-state index contributed by atoms with van der Waals surface area (Å²) in [5.41, 5.74) is -0.592. The number of pyridine rings is 1. The topological polar surface area (TPSA) is 22.0 Å². The summed E-state index contributed by atoms with van der Waals surface area (Å²) in [6.45, 7) is 1.95. The molecule has 0 radical (unpaired) electrons. The van der Waals surface area contributed by atoms with Gasteiger partial charge in [0.15, 0.2) is 0 Å². The van der Waals surface area contributed by atoms with Gasteiger partial charge >= 0.3 is 6.18 Å². The molecule has 0 aliphatic carbocycles. The zero-order chi connectivity index (χ0) is 14.9. The van der Waals surface area contributed by atoms with Crippen molar-refractivity contribution in [2.75, 3.05) is 0 Å². The molecule has 2 aromatic rings. The smallest absolute Gasteiger partial charge is 0.311 e. The van der Waals surface area contributed by atoms with Gasteiger partial charge in [0, 0.05) is 18.5 Å². The molecule has 0 N–H and O–H groups in total. The first-order valence-electron chi connectivity index (χ1n) is 6.22. The highest BCUT2D eigenvalue weighted by atomic mass is 19.4. The van der Waals surface area contributed by atoms with Gasteiger partial charge in [-0.1, -0.05) is 25.1 Å². The second-order valence-electron chi connectivity index (χ2n) is 4.54. The summed E-state index contributed by atoms with van der Waals surface area (Å²) in [7, 11) is 1.46. The number of benzene rings is 1. The lowest BCUT2D eigenvalue weighted by atomic mass is 10.0. The fourth-order valence-electron chi connectivity index (χ4n) is 2.07. The fraction of sp³-hybridized carbons (Fsp3) is 0.267. The fourth-order valence-corrected chi connectivity index (χ4v) is 2.07. The van der Waals surface area contributed by atoms with Crippen LogP contribution >= 0.6 is 0 Å². The van der Waals surface area contributed by atoms with E-state index < -0.39 is 17.3 Å². The second-order valence-corrected chi connectivity index (χ2v) is 4.54. The third-order valence-corrected chi connectivity index (χ3v) is 3.12. The van der Waals surface area contributed by atoms with E-state index in [2.05, 4.69) is 0 Å². The molecule has 1 aromatic heterocycles. The molecular formula is C15H14F3NO. The van der Waals surface area contributed by atoms with Gasteiger partial charge in [0.25, 0.3) is 5.56 Å². The van der Waals surface area contributed by atoms with E-state index in [1.165, 1.54) is 17.7 Å². The number of aryl methyl sites for hydroxylation is 1. The Bertz CT molecular complexity index is 726. The van der Waals surface area contributed by atoms with Crippen molar-refractivity contribution in [1.29, 1.82) is 0 Å². The van der Waals surface area contributed by atoms with Gasteiger partial charge < -0.3 is 4.57 Å². The van der Waals surface area contributed by atoms with Gasteiger partial charge in [-0.05, 0) is 24.1 Å². The Balaban J connectivity index is 2.81. The molecule has 0 saturated heterocycles. The predicted octanol–water partition coefficient (Wildman–Crippen LogP) is 3.98. The lowest BCUT2D eigenvalue weighted by Crippen LogP contribution is -2.20. The van der Waals surface area contributed by atoms with Crippen LogP contribution in [-0.2, 0) is 13.2 Å². The Kier molecular flexibility index (Phi) is 3.70. The monoisotopic (exact) mass is 281 g/mol. The van der Waals surface area contributed by atoms with Crippen LogP contribution in [0.15, 0.2) is 35.1 Å². The molecule has 0 fully saturated rings. The van der Waals surface area contributed by atoms with E-state index >= 15 is 0 Å². The van der Waals surface area contributed by atoms with Crippen LogP contribution in [0.3, 0.4) is 0 Å². The number of hydrogen-bond donors (Lipinski definition) is 0. The van der Waals surface area contributed by atoms with E-state index in [1.54, 1.807) is 18.2 Å². The van der Waals surface area contributed by atoms with Crippen molar-refractivity contribution in [3.63, 3.8) is 0 Å². The largest absolute Gasteiger partial charge is 0.417 e. The number of nitrogens with zero attached hydrogens (tertiary/aromatic N) is 1. The predicted molar refractivity (Wildman–Crippen MR) is 73.5 cm³/mol. The van der Waals surface area contributed by atoms with Gasteiger partial charge in [0.1, 0.15) is 0 Å². The van der Waals surface area contributed by atoms with Crippen molar-refractivity contribution in [3.8, 4) is 0 Å². The van der Waals surface area contributed by atoms with E-state index in [0.717, 1.165) is 6.42 Å². The molecule has 106 valence electrons. The van der Waals surface area contributed by atoms with Gasteiger partial charge in [-0.3, -0.25) is 4.79 Å². The highest BCUT2D eigenvalue weighted by Crippen LogP contribution is 2.34. The molecule has 0 unspecified atom stereocenters. The molecule has 2 nitrogen and oxygen atoms in total. The molecule has 0 aliphatic heterocycles. The van der Waals surface area contributed by atoms with Crippen molar-refractivity contribution in [1.82, 2.24) is 4.57 Å². The lowest BCUT2D eigenvalue weighted by molar-refractivity contribution is -0.136. The minimum atomic E-state index is -4.54. The van der Waals surface area contributed by atoms with Gasteiger partial charge in [-0.25, -0.2) is 0 Å². The number of allylic oxidation sites excluding steroid dienone is 1. The second kappa shape index (κ2) is 5.15. The third kappa shape index (κ3) is 2.61. The Hall–Kier alpha value is -2.04. The minimum absolute atomic E-state index is 0.0397. The first-order chi connectivity index (χ1) is 9.34. The number of hydrogen-bond acceptors (Lipinski definition) is 1. The molecular weight excluding hydrogens is 267 g/mol. The van der Waals surface area contributed by atoms with Gasteiger partial charge in [-0.2, -0.15) is 13.2 Å². The molecule has 0 atom stereocenters. The van der Waals surface area contributed by atoms with Crippen molar-refractivity contribution in [2.45, 2.75) is 19.5 Å². The summed E-state index contributed by atoms with van der Waals surface area (Å²) in [6, 6.07) is 5.36. The first-order valence-corrected chi connectivity index (χ1v) is 6.22. The standard InChI is InChI=1S/C15H14F3NO/c1-3-4-5-10-6-7-13-11(8-10)12(15(16,17)18)9-14(20)19(13)2/h4-9H,3H2,1-2H3. The molecule has 0 aliphatic rings. The average molecular weight is 281 g/mol. The Morgan fingerprint density at radius 1 is 1.25 bits per heavy atom. The van der Waals surface area contributed by atoms with Crippen LogP contribution in [0.4, 0.5) is 13.2 Å². The molecule has 0 bridgehead atoms. The Labute approximate surface area is 114 Å². The zero-order valence-corrected chi connectivity index (χ0v) is 11.2. The molecule has 0 saturated carbocycles. The van der Waals surface area contributed by atoms with Crippen molar-refractivity contribution < 1.29 is 13.2 Å². The highest BCUT2D eigenvalue weighted by molar-refractivity contribution is 5.85. The molecule has 1 heterocycles. The molecule has 0 amide bonds. The van der Waals surface area contributed by atoms with Crippen LogP contribution < -0.4 is 5.56 Å². The van der Waals surface area contributed by atoms with Crippen LogP contribution in [0.1, 0.15) is 24.5 Å². The van der Waals surface area contributed by atoms with E-state index in [1.807, 2.05) is 13.0 Å². The average Bonchev–Trinajstić information content (AvgIpc) is 2.39. The normalized spacial score (nSPS) is 12.4.